The minimum atomic E-state index is -0.370. The molecule has 19 heavy (non-hydrogen) atoms. The van der Waals surface area contributed by atoms with Gasteiger partial charge in [-0.3, -0.25) is 4.79 Å². The number of amides is 1. The first-order chi connectivity index (χ1) is 9.13. The minimum Gasteiger partial charge on any atom is -0.378 e. The molecule has 1 fully saturated rings. The van der Waals surface area contributed by atoms with Gasteiger partial charge in [-0.2, -0.15) is 9.64 Å². The van der Waals surface area contributed by atoms with Crippen molar-refractivity contribution in [2.24, 2.45) is 0 Å². The Balaban J connectivity index is 2.02. The molecule has 1 aromatic rings. The molecule has 2 rings (SSSR count). The number of nitrogens with zero attached hydrogens (tertiary/aromatic N) is 3. The molecule has 1 aliphatic rings. The third-order valence-corrected chi connectivity index (χ3v) is 3.89. The van der Waals surface area contributed by atoms with Crippen LogP contribution in [0.4, 0.5) is 5.00 Å². The van der Waals surface area contributed by atoms with Gasteiger partial charge in [-0.1, -0.05) is 0 Å². The maximum atomic E-state index is 12.2. The van der Waals surface area contributed by atoms with Gasteiger partial charge in [0.1, 0.15) is 22.7 Å². The molecule has 7 heteroatoms. The zero-order chi connectivity index (χ0) is 13.8. The quantitative estimate of drug-likeness (QED) is 0.893. The van der Waals surface area contributed by atoms with E-state index in [4.69, 9.17) is 10.00 Å². The first kappa shape index (κ1) is 13.8. The van der Waals surface area contributed by atoms with Crippen LogP contribution in [0.25, 0.3) is 0 Å². The first-order valence-corrected chi connectivity index (χ1v) is 6.90. The van der Waals surface area contributed by atoms with Gasteiger partial charge in [0.25, 0.3) is 0 Å². The normalized spacial score (nSPS) is 16.8. The molecular formula is C12H16N4O2S. The molecule has 102 valence electrons. The number of ether oxygens (including phenoxy) is 1. The topological polar surface area (TPSA) is 78.2 Å². The predicted octanol–water partition coefficient (Wildman–Crippen LogP) is 0.982. The molecule has 1 atom stereocenters. The van der Waals surface area contributed by atoms with Crippen LogP contribution in [0.15, 0.2) is 0 Å². The Morgan fingerprint density at radius 3 is 2.89 bits per heavy atom. The lowest BCUT2D eigenvalue weighted by molar-refractivity contribution is -0.135. The van der Waals surface area contributed by atoms with Crippen LogP contribution in [0.1, 0.15) is 18.2 Å². The van der Waals surface area contributed by atoms with Crippen LogP contribution in [0, 0.1) is 18.3 Å². The van der Waals surface area contributed by atoms with Crippen LogP contribution < -0.4 is 5.32 Å². The molecule has 0 radical (unpaired) electrons. The Kier molecular flexibility index (Phi) is 4.35. The van der Waals surface area contributed by atoms with Crippen LogP contribution in [0.3, 0.4) is 0 Å². The van der Waals surface area contributed by atoms with Crippen molar-refractivity contribution in [3.8, 4) is 6.07 Å². The maximum absolute atomic E-state index is 12.2. The average molecular weight is 280 g/mol. The van der Waals surface area contributed by atoms with E-state index in [0.29, 0.717) is 42.6 Å². The van der Waals surface area contributed by atoms with Gasteiger partial charge in [0.2, 0.25) is 5.91 Å². The highest BCUT2D eigenvalue weighted by atomic mass is 32.1. The fraction of sp³-hybridized carbons (Fsp3) is 0.583. The maximum Gasteiger partial charge on any atom is 0.244 e. The van der Waals surface area contributed by atoms with E-state index in [1.165, 1.54) is 11.5 Å². The van der Waals surface area contributed by atoms with Crippen molar-refractivity contribution in [1.29, 1.82) is 5.26 Å². The van der Waals surface area contributed by atoms with Gasteiger partial charge < -0.3 is 15.0 Å². The first-order valence-electron chi connectivity index (χ1n) is 6.13. The van der Waals surface area contributed by atoms with Gasteiger partial charge in [-0.05, 0) is 25.4 Å². The lowest BCUT2D eigenvalue weighted by Crippen LogP contribution is -2.46. The summed E-state index contributed by atoms with van der Waals surface area (Å²) in [6.07, 6.45) is 0. The van der Waals surface area contributed by atoms with Gasteiger partial charge in [0.05, 0.1) is 18.9 Å². The van der Waals surface area contributed by atoms with Crippen molar-refractivity contribution in [2.45, 2.75) is 19.9 Å². The number of aryl methyl sites for hydroxylation is 1. The number of hydrogen-bond acceptors (Lipinski definition) is 6. The number of nitriles is 1. The summed E-state index contributed by atoms with van der Waals surface area (Å²) >= 11 is 1.21. The summed E-state index contributed by atoms with van der Waals surface area (Å²) in [5, 5.41) is 12.8. The highest BCUT2D eigenvalue weighted by Gasteiger charge is 2.23. The van der Waals surface area contributed by atoms with Gasteiger partial charge in [0, 0.05) is 13.1 Å². The van der Waals surface area contributed by atoms with Crippen molar-refractivity contribution >= 4 is 22.4 Å². The number of carbonyl (C=O) groups is 1. The number of nitrogens with one attached hydrogen (secondary N) is 1. The monoisotopic (exact) mass is 280 g/mol. The Hall–Kier alpha value is -1.65. The van der Waals surface area contributed by atoms with E-state index in [-0.39, 0.29) is 11.9 Å². The Bertz CT molecular complexity index is 502. The zero-order valence-electron chi connectivity index (χ0n) is 11.0. The zero-order valence-corrected chi connectivity index (χ0v) is 11.8. The largest absolute Gasteiger partial charge is 0.378 e. The van der Waals surface area contributed by atoms with Gasteiger partial charge in [0.15, 0.2) is 0 Å². The molecular weight excluding hydrogens is 264 g/mol. The van der Waals surface area contributed by atoms with E-state index in [1.807, 2.05) is 0 Å². The van der Waals surface area contributed by atoms with E-state index in [0.717, 1.165) is 0 Å². The second kappa shape index (κ2) is 5.99. The van der Waals surface area contributed by atoms with E-state index in [9.17, 15) is 4.79 Å². The van der Waals surface area contributed by atoms with Crippen LogP contribution >= 0.6 is 11.5 Å². The third-order valence-electron chi connectivity index (χ3n) is 3.02. The summed E-state index contributed by atoms with van der Waals surface area (Å²) < 4.78 is 9.35. The molecule has 0 aromatic carbocycles. The summed E-state index contributed by atoms with van der Waals surface area (Å²) in [6.45, 7) is 6.00. The molecule has 1 aliphatic heterocycles. The molecule has 0 spiro atoms. The molecule has 0 aliphatic carbocycles. The van der Waals surface area contributed by atoms with Crippen molar-refractivity contribution in [1.82, 2.24) is 9.27 Å². The Morgan fingerprint density at radius 2 is 2.26 bits per heavy atom. The predicted molar refractivity (Wildman–Crippen MR) is 72.0 cm³/mol. The standard InChI is InChI=1S/C12H16N4O2S/c1-8-10(7-13)11(19-15-8)14-9(2)12(17)16-3-5-18-6-4-16/h9,14H,3-6H2,1-2H3. The highest BCUT2D eigenvalue weighted by Crippen LogP contribution is 2.24. The van der Waals surface area contributed by atoms with E-state index in [1.54, 1.807) is 18.7 Å². The summed E-state index contributed by atoms with van der Waals surface area (Å²) in [6, 6.07) is 1.74. The SMILES string of the molecule is Cc1nsc(NC(C)C(=O)N2CCOCC2)c1C#N. The fourth-order valence-corrected chi connectivity index (χ4v) is 2.75. The number of carbonyl (C=O) groups excluding carboxylic acids is 1. The van der Waals surface area contributed by atoms with Crippen molar-refractivity contribution in [2.75, 3.05) is 31.6 Å². The Morgan fingerprint density at radius 1 is 1.58 bits per heavy atom. The van der Waals surface area contributed by atoms with E-state index in [2.05, 4.69) is 15.8 Å². The van der Waals surface area contributed by atoms with Gasteiger partial charge in [-0.15, -0.1) is 0 Å². The van der Waals surface area contributed by atoms with E-state index < -0.39 is 0 Å². The number of aromatic nitrogens is 1. The number of morpholine rings is 1. The molecule has 6 nitrogen and oxygen atoms in total. The molecule has 1 N–H and O–H groups in total. The van der Waals surface area contributed by atoms with E-state index >= 15 is 0 Å². The summed E-state index contributed by atoms with van der Waals surface area (Å²) in [4.78, 5) is 14.0. The highest BCUT2D eigenvalue weighted by molar-refractivity contribution is 7.10. The third kappa shape index (κ3) is 3.03. The van der Waals surface area contributed by atoms with Crippen LogP contribution in [-0.2, 0) is 9.53 Å². The van der Waals surface area contributed by atoms with Crippen molar-refractivity contribution < 1.29 is 9.53 Å². The second-order valence-corrected chi connectivity index (χ2v) is 5.16. The molecule has 0 saturated carbocycles. The molecule has 1 saturated heterocycles. The molecule has 1 amide bonds. The number of rotatable bonds is 3. The average Bonchev–Trinajstić information content (AvgIpc) is 2.79. The molecule has 1 unspecified atom stereocenters. The lowest BCUT2D eigenvalue weighted by Gasteiger charge is -2.29. The van der Waals surface area contributed by atoms with Gasteiger partial charge in [-0.25, -0.2) is 0 Å². The fourth-order valence-electron chi connectivity index (χ4n) is 1.92. The lowest BCUT2D eigenvalue weighted by atomic mass is 10.2. The number of anilines is 1. The van der Waals surface area contributed by atoms with Crippen LogP contribution in [0.2, 0.25) is 0 Å². The van der Waals surface area contributed by atoms with Crippen LogP contribution in [0.5, 0.6) is 0 Å². The second-order valence-electron chi connectivity index (χ2n) is 4.39. The summed E-state index contributed by atoms with van der Waals surface area (Å²) in [5.41, 5.74) is 1.22. The molecule has 2 heterocycles. The molecule has 1 aromatic heterocycles. The summed E-state index contributed by atoms with van der Waals surface area (Å²) in [7, 11) is 0. The van der Waals surface area contributed by atoms with Crippen molar-refractivity contribution in [3.63, 3.8) is 0 Å². The minimum absolute atomic E-state index is 0.0262. The van der Waals surface area contributed by atoms with Crippen molar-refractivity contribution in [3.05, 3.63) is 11.3 Å². The van der Waals surface area contributed by atoms with Crippen LogP contribution in [-0.4, -0.2) is 47.5 Å². The smallest absolute Gasteiger partial charge is 0.244 e. The Labute approximate surface area is 116 Å². The molecule has 0 bridgehead atoms. The number of hydrogen-bond donors (Lipinski definition) is 1. The van der Waals surface area contributed by atoms with Gasteiger partial charge >= 0.3 is 0 Å². The summed E-state index contributed by atoms with van der Waals surface area (Å²) in [5.74, 6) is 0.0262.